The fraction of sp³-hybridized carbons (Fsp3) is 0.294. The minimum Gasteiger partial charge on any atom is -0.327 e. The van der Waals surface area contributed by atoms with Crippen molar-refractivity contribution >= 4 is 6.03 Å². The number of nitrogens with zero attached hydrogens (tertiary/aromatic N) is 3. The highest BCUT2D eigenvalue weighted by molar-refractivity contribution is 5.73. The highest BCUT2D eigenvalue weighted by Gasteiger charge is 2.14. The number of pyridine rings is 1. The molecule has 110 valence electrons. The molecule has 0 aliphatic carbocycles. The van der Waals surface area contributed by atoms with Crippen LogP contribution in [-0.4, -0.2) is 41.5 Å². The van der Waals surface area contributed by atoms with Gasteiger partial charge in [-0.15, -0.1) is 0 Å². The summed E-state index contributed by atoms with van der Waals surface area (Å²) in [5.41, 5.74) is 2.33. The van der Waals surface area contributed by atoms with Crippen molar-refractivity contribution in [1.82, 2.24) is 14.8 Å². The molecule has 0 saturated carbocycles. The van der Waals surface area contributed by atoms with Crippen LogP contribution < -0.4 is 0 Å². The maximum absolute atomic E-state index is 12.3. The lowest BCUT2D eigenvalue weighted by molar-refractivity contribution is 0.171. The Morgan fingerprint density at radius 3 is 2.29 bits per heavy atom. The normalized spacial score (nSPS) is 10.2. The van der Waals surface area contributed by atoms with E-state index in [4.69, 9.17) is 0 Å². The number of hydrogen-bond acceptors (Lipinski definition) is 2. The molecule has 1 aromatic heterocycles. The van der Waals surface area contributed by atoms with Gasteiger partial charge in [-0.25, -0.2) is 4.79 Å². The summed E-state index contributed by atoms with van der Waals surface area (Å²) in [6.45, 7) is 1.32. The first kappa shape index (κ1) is 15.0. The van der Waals surface area contributed by atoms with E-state index in [-0.39, 0.29) is 6.03 Å². The Labute approximate surface area is 126 Å². The number of carbonyl (C=O) groups is 1. The molecule has 2 amide bonds. The van der Waals surface area contributed by atoms with Crippen molar-refractivity contribution < 1.29 is 4.79 Å². The van der Waals surface area contributed by atoms with Crippen LogP contribution in [0.1, 0.15) is 11.1 Å². The molecule has 4 heteroatoms. The van der Waals surface area contributed by atoms with E-state index in [1.165, 1.54) is 5.56 Å². The van der Waals surface area contributed by atoms with E-state index in [1.807, 2.05) is 56.6 Å². The van der Waals surface area contributed by atoms with Crippen LogP contribution in [0.15, 0.2) is 54.9 Å². The van der Waals surface area contributed by atoms with Crippen LogP contribution in [0, 0.1) is 0 Å². The minimum atomic E-state index is 0.0351. The van der Waals surface area contributed by atoms with Gasteiger partial charge in [0, 0.05) is 39.6 Å². The zero-order valence-electron chi connectivity index (χ0n) is 12.6. The van der Waals surface area contributed by atoms with Gasteiger partial charge in [0.1, 0.15) is 0 Å². The monoisotopic (exact) mass is 283 g/mol. The molecule has 0 unspecified atom stereocenters. The van der Waals surface area contributed by atoms with Crippen LogP contribution in [0.25, 0.3) is 0 Å². The van der Waals surface area contributed by atoms with Crippen molar-refractivity contribution in [2.45, 2.75) is 13.0 Å². The van der Waals surface area contributed by atoms with Crippen molar-refractivity contribution in [2.24, 2.45) is 0 Å². The van der Waals surface area contributed by atoms with Crippen molar-refractivity contribution in [1.29, 1.82) is 0 Å². The van der Waals surface area contributed by atoms with E-state index < -0.39 is 0 Å². The highest BCUT2D eigenvalue weighted by Crippen LogP contribution is 2.06. The molecule has 0 spiro atoms. The molecule has 2 rings (SSSR count). The van der Waals surface area contributed by atoms with E-state index in [2.05, 4.69) is 4.98 Å². The largest absolute Gasteiger partial charge is 0.327 e. The predicted molar refractivity (Wildman–Crippen MR) is 83.9 cm³/mol. The summed E-state index contributed by atoms with van der Waals surface area (Å²) in [5.74, 6) is 0. The number of likely N-dealkylation sites (N-methyl/N-ethyl adjacent to an activating group) is 1. The Balaban J connectivity index is 1.84. The summed E-state index contributed by atoms with van der Waals surface area (Å²) in [6, 6.07) is 14.0. The summed E-state index contributed by atoms with van der Waals surface area (Å²) in [4.78, 5) is 19.8. The molecule has 0 aliphatic rings. The second-order valence-corrected chi connectivity index (χ2v) is 5.15. The second kappa shape index (κ2) is 7.43. The SMILES string of the molecule is CN(CCc1ccncc1)C(=O)N(C)Cc1ccccc1. The Bertz CT molecular complexity index is 557. The third kappa shape index (κ3) is 4.60. The van der Waals surface area contributed by atoms with Crippen LogP contribution in [0.4, 0.5) is 4.79 Å². The first-order chi connectivity index (χ1) is 10.2. The smallest absolute Gasteiger partial charge is 0.319 e. The zero-order valence-corrected chi connectivity index (χ0v) is 12.6. The Kier molecular flexibility index (Phi) is 5.32. The summed E-state index contributed by atoms with van der Waals surface area (Å²) in [5, 5.41) is 0. The molecular formula is C17H21N3O. The molecule has 0 N–H and O–H groups in total. The topological polar surface area (TPSA) is 36.4 Å². The maximum Gasteiger partial charge on any atom is 0.319 e. The van der Waals surface area contributed by atoms with Gasteiger partial charge in [-0.1, -0.05) is 30.3 Å². The number of aromatic nitrogens is 1. The minimum absolute atomic E-state index is 0.0351. The van der Waals surface area contributed by atoms with E-state index in [1.54, 1.807) is 22.2 Å². The molecule has 0 atom stereocenters. The molecule has 0 radical (unpaired) electrons. The molecule has 0 fully saturated rings. The standard InChI is InChI=1S/C17H21N3O/c1-19(13-10-15-8-11-18-12-9-15)17(21)20(2)14-16-6-4-3-5-7-16/h3-9,11-12H,10,13-14H2,1-2H3. The van der Waals surface area contributed by atoms with Gasteiger partial charge in [0.25, 0.3) is 0 Å². The molecule has 0 saturated heterocycles. The lowest BCUT2D eigenvalue weighted by Crippen LogP contribution is -2.39. The molecule has 21 heavy (non-hydrogen) atoms. The fourth-order valence-electron chi connectivity index (χ4n) is 2.16. The van der Waals surface area contributed by atoms with Gasteiger partial charge in [-0.2, -0.15) is 0 Å². The number of benzene rings is 1. The number of urea groups is 1. The summed E-state index contributed by atoms with van der Waals surface area (Å²) < 4.78 is 0. The van der Waals surface area contributed by atoms with Gasteiger partial charge in [-0.3, -0.25) is 4.98 Å². The molecule has 0 bridgehead atoms. The number of hydrogen-bond donors (Lipinski definition) is 0. The van der Waals surface area contributed by atoms with Crippen molar-refractivity contribution in [2.75, 3.05) is 20.6 Å². The molecule has 0 aliphatic heterocycles. The number of carbonyl (C=O) groups excluding carboxylic acids is 1. The quantitative estimate of drug-likeness (QED) is 0.846. The molecule has 2 aromatic rings. The first-order valence-corrected chi connectivity index (χ1v) is 7.06. The molecule has 1 aromatic carbocycles. The van der Waals surface area contributed by atoms with Crippen LogP contribution in [0.5, 0.6) is 0 Å². The Morgan fingerprint density at radius 2 is 1.62 bits per heavy atom. The van der Waals surface area contributed by atoms with Gasteiger partial charge in [0.2, 0.25) is 0 Å². The Morgan fingerprint density at radius 1 is 0.952 bits per heavy atom. The van der Waals surface area contributed by atoms with Crippen LogP contribution in [0.3, 0.4) is 0 Å². The number of rotatable bonds is 5. The third-order valence-electron chi connectivity index (χ3n) is 3.40. The van der Waals surface area contributed by atoms with Gasteiger partial charge in [-0.05, 0) is 29.7 Å². The van der Waals surface area contributed by atoms with Gasteiger partial charge in [0.15, 0.2) is 0 Å². The summed E-state index contributed by atoms with van der Waals surface area (Å²) in [6.07, 6.45) is 4.39. The average molecular weight is 283 g/mol. The van der Waals surface area contributed by atoms with E-state index in [9.17, 15) is 4.79 Å². The van der Waals surface area contributed by atoms with Crippen molar-refractivity contribution in [3.8, 4) is 0 Å². The Hall–Kier alpha value is -2.36. The average Bonchev–Trinajstić information content (AvgIpc) is 2.53. The fourth-order valence-corrected chi connectivity index (χ4v) is 2.16. The number of amides is 2. The molecular weight excluding hydrogens is 262 g/mol. The van der Waals surface area contributed by atoms with Gasteiger partial charge in [0.05, 0.1) is 0 Å². The summed E-state index contributed by atoms with van der Waals surface area (Å²) in [7, 11) is 3.67. The lowest BCUT2D eigenvalue weighted by Gasteiger charge is -2.25. The van der Waals surface area contributed by atoms with Gasteiger partial charge < -0.3 is 9.80 Å². The lowest BCUT2D eigenvalue weighted by atomic mass is 10.2. The van der Waals surface area contributed by atoms with Crippen LogP contribution >= 0.6 is 0 Å². The third-order valence-corrected chi connectivity index (χ3v) is 3.40. The first-order valence-electron chi connectivity index (χ1n) is 7.06. The van der Waals surface area contributed by atoms with Crippen molar-refractivity contribution in [3.05, 3.63) is 66.0 Å². The van der Waals surface area contributed by atoms with E-state index in [0.29, 0.717) is 13.1 Å². The van der Waals surface area contributed by atoms with Gasteiger partial charge >= 0.3 is 6.03 Å². The maximum atomic E-state index is 12.3. The van der Waals surface area contributed by atoms with Crippen LogP contribution in [-0.2, 0) is 13.0 Å². The summed E-state index contributed by atoms with van der Waals surface area (Å²) >= 11 is 0. The predicted octanol–water partition coefficient (Wildman–Crippen LogP) is 2.81. The van der Waals surface area contributed by atoms with E-state index >= 15 is 0 Å². The van der Waals surface area contributed by atoms with Crippen molar-refractivity contribution in [3.63, 3.8) is 0 Å². The molecule has 4 nitrogen and oxygen atoms in total. The molecule has 1 heterocycles. The highest BCUT2D eigenvalue weighted by atomic mass is 16.2. The second-order valence-electron chi connectivity index (χ2n) is 5.15. The van der Waals surface area contributed by atoms with E-state index in [0.717, 1.165) is 12.0 Å². The zero-order chi connectivity index (χ0) is 15.1. The van der Waals surface area contributed by atoms with Crippen LogP contribution in [0.2, 0.25) is 0 Å².